The van der Waals surface area contributed by atoms with Gasteiger partial charge in [-0.1, -0.05) is 0 Å². The minimum absolute atomic E-state index is 0.117. The zero-order chi connectivity index (χ0) is 9.10. The van der Waals surface area contributed by atoms with Crippen molar-refractivity contribution < 1.29 is 0 Å². The van der Waals surface area contributed by atoms with E-state index in [0.717, 1.165) is 18.8 Å². The summed E-state index contributed by atoms with van der Waals surface area (Å²) in [5.41, 5.74) is 2.70. The van der Waals surface area contributed by atoms with Crippen LogP contribution in [0.25, 0.3) is 0 Å². The highest BCUT2D eigenvalue weighted by Gasteiger charge is 2.24. The molecule has 1 fully saturated rings. The van der Waals surface area contributed by atoms with E-state index in [2.05, 4.69) is 16.0 Å². The molecule has 0 aromatic carbocycles. The quantitative estimate of drug-likeness (QED) is 0.719. The van der Waals surface area contributed by atoms with E-state index in [1.807, 2.05) is 5.38 Å². The van der Waals surface area contributed by atoms with Crippen LogP contribution in [0.1, 0.15) is 24.6 Å². The van der Waals surface area contributed by atoms with E-state index in [1.54, 1.807) is 16.8 Å². The Morgan fingerprint density at radius 1 is 1.54 bits per heavy atom. The molecule has 1 saturated heterocycles. The number of rotatable bonds is 2. The molecule has 3 nitrogen and oxygen atoms in total. The summed E-state index contributed by atoms with van der Waals surface area (Å²) >= 11 is 1.55. The molecule has 2 heterocycles. The summed E-state index contributed by atoms with van der Waals surface area (Å²) in [6, 6.07) is 2.20. The summed E-state index contributed by atoms with van der Waals surface area (Å²) in [5.74, 6) is 0. The number of likely N-dealkylation sites (tertiary alicyclic amines) is 1. The van der Waals surface area contributed by atoms with Gasteiger partial charge in [-0.15, -0.1) is 11.3 Å². The van der Waals surface area contributed by atoms with Crippen molar-refractivity contribution in [3.8, 4) is 6.07 Å². The predicted molar refractivity (Wildman–Crippen MR) is 51.3 cm³/mol. The van der Waals surface area contributed by atoms with Crippen LogP contribution in [0.2, 0.25) is 0 Å². The first-order chi connectivity index (χ1) is 6.42. The van der Waals surface area contributed by atoms with E-state index < -0.39 is 0 Å². The second-order valence-electron chi connectivity index (χ2n) is 3.19. The number of aromatic nitrogens is 1. The lowest BCUT2D eigenvalue weighted by Crippen LogP contribution is -2.24. The average Bonchev–Trinajstić information content (AvgIpc) is 2.76. The Balaban J connectivity index is 2.14. The lowest BCUT2D eigenvalue weighted by atomic mass is 10.2. The Hall–Kier alpha value is -0.920. The Labute approximate surface area is 81.6 Å². The van der Waals surface area contributed by atoms with E-state index in [1.165, 1.54) is 12.8 Å². The van der Waals surface area contributed by atoms with E-state index in [4.69, 9.17) is 5.26 Å². The molecule has 13 heavy (non-hydrogen) atoms. The minimum atomic E-state index is -0.117. The van der Waals surface area contributed by atoms with Gasteiger partial charge in [0.2, 0.25) is 0 Å². The summed E-state index contributed by atoms with van der Waals surface area (Å²) in [4.78, 5) is 6.39. The Morgan fingerprint density at radius 2 is 2.31 bits per heavy atom. The molecule has 1 atom stereocenters. The van der Waals surface area contributed by atoms with Crippen LogP contribution in [-0.4, -0.2) is 23.0 Å². The first-order valence-corrected chi connectivity index (χ1v) is 5.38. The molecule has 68 valence electrons. The summed E-state index contributed by atoms with van der Waals surface area (Å²) in [6.45, 7) is 2.07. The largest absolute Gasteiger partial charge is 0.283 e. The van der Waals surface area contributed by atoms with Gasteiger partial charge in [0.25, 0.3) is 0 Å². The van der Waals surface area contributed by atoms with Crippen LogP contribution in [0.3, 0.4) is 0 Å². The first kappa shape index (κ1) is 8.67. The molecule has 0 amide bonds. The van der Waals surface area contributed by atoms with E-state index >= 15 is 0 Å². The van der Waals surface area contributed by atoms with Crippen molar-refractivity contribution in [2.75, 3.05) is 13.1 Å². The molecule has 1 aromatic rings. The lowest BCUT2D eigenvalue weighted by molar-refractivity contribution is 0.290. The standard InChI is InChI=1S/C9H11N3S/c10-5-9(8-6-13-7-11-8)12-3-1-2-4-12/h6-7,9H,1-4H2. The van der Waals surface area contributed by atoms with Crippen molar-refractivity contribution in [1.29, 1.82) is 5.26 Å². The molecule has 0 saturated carbocycles. The fourth-order valence-electron chi connectivity index (χ4n) is 1.69. The third kappa shape index (κ3) is 1.71. The summed E-state index contributed by atoms with van der Waals surface area (Å²) < 4.78 is 0. The van der Waals surface area contributed by atoms with E-state index in [-0.39, 0.29) is 6.04 Å². The molecule has 0 N–H and O–H groups in total. The zero-order valence-corrected chi connectivity index (χ0v) is 8.13. The fourth-order valence-corrected chi connectivity index (χ4v) is 2.26. The monoisotopic (exact) mass is 193 g/mol. The van der Waals surface area contributed by atoms with Gasteiger partial charge in [0.1, 0.15) is 6.04 Å². The van der Waals surface area contributed by atoms with Gasteiger partial charge in [0.15, 0.2) is 0 Å². The van der Waals surface area contributed by atoms with Gasteiger partial charge >= 0.3 is 0 Å². The van der Waals surface area contributed by atoms with E-state index in [9.17, 15) is 0 Å². The maximum absolute atomic E-state index is 9.03. The molecule has 1 aliphatic heterocycles. The molecule has 4 heteroatoms. The molecule has 0 radical (unpaired) electrons. The maximum Gasteiger partial charge on any atom is 0.141 e. The third-order valence-electron chi connectivity index (χ3n) is 2.36. The number of nitrogens with zero attached hydrogens (tertiary/aromatic N) is 3. The maximum atomic E-state index is 9.03. The first-order valence-electron chi connectivity index (χ1n) is 4.43. The molecule has 1 aromatic heterocycles. The molecular weight excluding hydrogens is 182 g/mol. The van der Waals surface area contributed by atoms with Gasteiger partial charge in [-0.05, 0) is 25.9 Å². The SMILES string of the molecule is N#CC(c1cscn1)N1CCCC1. The van der Waals surface area contributed by atoms with Crippen LogP contribution in [-0.2, 0) is 0 Å². The molecule has 0 spiro atoms. The van der Waals surface area contributed by atoms with Crippen LogP contribution < -0.4 is 0 Å². The minimum Gasteiger partial charge on any atom is -0.283 e. The van der Waals surface area contributed by atoms with Gasteiger partial charge in [0.05, 0.1) is 17.3 Å². The van der Waals surface area contributed by atoms with Crippen LogP contribution >= 0.6 is 11.3 Å². The second kappa shape index (κ2) is 3.86. The molecule has 0 bridgehead atoms. The predicted octanol–water partition coefficient (Wildman–Crippen LogP) is 1.80. The summed E-state index contributed by atoms with van der Waals surface area (Å²) in [5, 5.41) is 11.0. The van der Waals surface area contributed by atoms with Crippen molar-refractivity contribution in [3.63, 3.8) is 0 Å². The number of hydrogen-bond donors (Lipinski definition) is 0. The highest BCUT2D eigenvalue weighted by atomic mass is 32.1. The summed E-state index contributed by atoms with van der Waals surface area (Å²) in [7, 11) is 0. The Morgan fingerprint density at radius 3 is 2.85 bits per heavy atom. The van der Waals surface area contributed by atoms with Crippen molar-refractivity contribution in [3.05, 3.63) is 16.6 Å². The second-order valence-corrected chi connectivity index (χ2v) is 3.91. The van der Waals surface area contributed by atoms with E-state index in [0.29, 0.717) is 0 Å². The molecule has 1 unspecified atom stereocenters. The Bertz CT molecular complexity index is 295. The highest BCUT2D eigenvalue weighted by Crippen LogP contribution is 2.23. The number of nitriles is 1. The third-order valence-corrected chi connectivity index (χ3v) is 2.96. The smallest absolute Gasteiger partial charge is 0.141 e. The molecule has 1 aliphatic rings. The highest BCUT2D eigenvalue weighted by molar-refractivity contribution is 7.07. The van der Waals surface area contributed by atoms with Crippen LogP contribution in [0.15, 0.2) is 10.9 Å². The Kier molecular flexibility index (Phi) is 2.57. The van der Waals surface area contributed by atoms with Gasteiger partial charge in [-0.2, -0.15) is 5.26 Å². The number of hydrogen-bond acceptors (Lipinski definition) is 4. The normalized spacial score (nSPS) is 19.9. The van der Waals surface area contributed by atoms with Crippen LogP contribution in [0, 0.1) is 11.3 Å². The van der Waals surface area contributed by atoms with Gasteiger partial charge in [-0.3, -0.25) is 4.90 Å². The average molecular weight is 193 g/mol. The topological polar surface area (TPSA) is 39.9 Å². The number of thiazole rings is 1. The molecule has 0 aliphatic carbocycles. The van der Waals surface area contributed by atoms with Crippen molar-refractivity contribution in [2.45, 2.75) is 18.9 Å². The van der Waals surface area contributed by atoms with Crippen LogP contribution in [0.5, 0.6) is 0 Å². The fraction of sp³-hybridized carbons (Fsp3) is 0.556. The molecular formula is C9H11N3S. The van der Waals surface area contributed by atoms with Gasteiger partial charge in [-0.25, -0.2) is 4.98 Å². The van der Waals surface area contributed by atoms with Gasteiger partial charge < -0.3 is 0 Å². The summed E-state index contributed by atoms with van der Waals surface area (Å²) in [6.07, 6.45) is 2.42. The lowest BCUT2D eigenvalue weighted by Gasteiger charge is -2.18. The zero-order valence-electron chi connectivity index (χ0n) is 7.31. The van der Waals surface area contributed by atoms with Crippen molar-refractivity contribution >= 4 is 11.3 Å². The van der Waals surface area contributed by atoms with Crippen LogP contribution in [0.4, 0.5) is 0 Å². The van der Waals surface area contributed by atoms with Crippen molar-refractivity contribution in [2.24, 2.45) is 0 Å². The molecule has 2 rings (SSSR count). The van der Waals surface area contributed by atoms with Gasteiger partial charge in [0, 0.05) is 5.38 Å². The van der Waals surface area contributed by atoms with Crippen molar-refractivity contribution in [1.82, 2.24) is 9.88 Å².